The summed E-state index contributed by atoms with van der Waals surface area (Å²) in [5, 5.41) is 8.77. The average Bonchev–Trinajstić information content (AvgIpc) is 3.60. The summed E-state index contributed by atoms with van der Waals surface area (Å²) in [7, 11) is 0. The predicted octanol–water partition coefficient (Wildman–Crippen LogP) is 11.3. The van der Waals surface area contributed by atoms with Crippen LogP contribution in [0.25, 0.3) is 83.6 Å². The number of fused-ring (bicyclic) bond motifs is 3. The number of hydrogen-bond acceptors (Lipinski definition) is 3. The van der Waals surface area contributed by atoms with E-state index < -0.39 is 0 Å². The van der Waals surface area contributed by atoms with Gasteiger partial charge in [0.05, 0.1) is 22.6 Å². The van der Waals surface area contributed by atoms with Crippen LogP contribution in [-0.2, 0) is 0 Å². The highest BCUT2D eigenvalue weighted by molar-refractivity contribution is 6.17. The molecule has 0 radical (unpaired) electrons. The molecule has 0 aliphatic rings. The number of hydrogen-bond donors (Lipinski definition) is 0. The van der Waals surface area contributed by atoms with Crippen LogP contribution in [0.5, 0.6) is 0 Å². The molecule has 4 nitrogen and oxygen atoms in total. The van der Waals surface area contributed by atoms with Crippen molar-refractivity contribution in [2.24, 2.45) is 0 Å². The van der Waals surface area contributed by atoms with E-state index in [2.05, 4.69) is 144 Å². The van der Waals surface area contributed by atoms with Crippen molar-refractivity contribution < 1.29 is 0 Å². The van der Waals surface area contributed by atoms with E-state index in [1.807, 2.05) is 42.5 Å². The molecule has 0 saturated heterocycles. The molecule has 0 saturated carbocycles. The smallest absolute Gasteiger partial charge is 0.160 e. The third-order valence-corrected chi connectivity index (χ3v) is 9.04. The lowest BCUT2D eigenvalue weighted by molar-refractivity contribution is 0.918. The zero-order chi connectivity index (χ0) is 32.6. The van der Waals surface area contributed by atoms with Gasteiger partial charge in [-0.3, -0.25) is 0 Å². The summed E-state index contributed by atoms with van der Waals surface area (Å²) in [5.74, 6) is 0.707. The van der Waals surface area contributed by atoms with Crippen molar-refractivity contribution in [1.29, 1.82) is 0 Å². The number of aromatic nitrogens is 4. The molecule has 4 heteroatoms. The van der Waals surface area contributed by atoms with Crippen molar-refractivity contribution >= 4 is 21.7 Å². The minimum atomic E-state index is 0.707. The molecular weight excluding hydrogens is 597 g/mol. The summed E-state index contributed by atoms with van der Waals surface area (Å²) in [5.41, 5.74) is 11.3. The molecule has 9 rings (SSSR count). The molecule has 7 aromatic carbocycles. The fourth-order valence-corrected chi connectivity index (χ4v) is 6.66. The second-order valence-electron chi connectivity index (χ2n) is 12.1. The number of nitrogens with zero attached hydrogens (tertiary/aromatic N) is 4. The van der Waals surface area contributed by atoms with E-state index in [1.165, 1.54) is 10.8 Å². The highest BCUT2D eigenvalue weighted by atomic mass is 15.3. The van der Waals surface area contributed by atoms with Gasteiger partial charge in [0.25, 0.3) is 0 Å². The van der Waals surface area contributed by atoms with Gasteiger partial charge < -0.3 is 0 Å². The first-order valence-corrected chi connectivity index (χ1v) is 16.5. The first kappa shape index (κ1) is 28.6. The van der Waals surface area contributed by atoms with Crippen molar-refractivity contribution in [2.45, 2.75) is 0 Å². The Morgan fingerprint density at radius 3 is 1.57 bits per heavy atom. The molecule has 9 aromatic rings. The van der Waals surface area contributed by atoms with Gasteiger partial charge in [-0.25, -0.2) is 14.6 Å². The highest BCUT2D eigenvalue weighted by Crippen LogP contribution is 2.42. The first-order chi connectivity index (χ1) is 24.3. The molecule has 2 aromatic heterocycles. The van der Waals surface area contributed by atoms with Crippen molar-refractivity contribution in [3.63, 3.8) is 0 Å². The average molecular weight is 627 g/mol. The molecule has 0 N–H and O–H groups in total. The fourth-order valence-electron chi connectivity index (χ4n) is 6.66. The monoisotopic (exact) mass is 626 g/mol. The Balaban J connectivity index is 1.24. The molecule has 0 aliphatic heterocycles. The molecule has 0 amide bonds. The molecule has 0 aliphatic carbocycles. The SMILES string of the molecule is c1ccc(-c2cc(-c3ccc(-c4cc5ccccc5c5c4c(-c4ccccc4)nn5-c4ccccc4)cc3)nc(-c3ccccc3)n2)cc1. The van der Waals surface area contributed by atoms with Gasteiger partial charge in [0.1, 0.15) is 5.69 Å². The molecule has 0 atom stereocenters. The van der Waals surface area contributed by atoms with E-state index in [-0.39, 0.29) is 0 Å². The van der Waals surface area contributed by atoms with Gasteiger partial charge in [-0.05, 0) is 40.8 Å². The predicted molar refractivity (Wildman–Crippen MR) is 201 cm³/mol. The van der Waals surface area contributed by atoms with E-state index in [0.717, 1.165) is 67.1 Å². The fraction of sp³-hybridized carbons (Fsp3) is 0. The highest BCUT2D eigenvalue weighted by Gasteiger charge is 2.21. The van der Waals surface area contributed by atoms with Crippen LogP contribution in [0.2, 0.25) is 0 Å². The van der Waals surface area contributed by atoms with E-state index in [9.17, 15) is 0 Å². The topological polar surface area (TPSA) is 43.6 Å². The lowest BCUT2D eigenvalue weighted by Crippen LogP contribution is -1.96. The molecule has 0 unspecified atom stereocenters. The van der Waals surface area contributed by atoms with E-state index in [0.29, 0.717) is 5.82 Å². The van der Waals surface area contributed by atoms with Crippen LogP contribution in [-0.4, -0.2) is 19.7 Å². The zero-order valence-electron chi connectivity index (χ0n) is 26.6. The summed E-state index contributed by atoms with van der Waals surface area (Å²) < 4.78 is 2.11. The normalized spacial score (nSPS) is 11.3. The molecule has 230 valence electrons. The van der Waals surface area contributed by atoms with Crippen LogP contribution in [0.1, 0.15) is 0 Å². The molecule has 0 fully saturated rings. The second kappa shape index (κ2) is 12.2. The lowest BCUT2D eigenvalue weighted by Gasteiger charge is -2.12. The van der Waals surface area contributed by atoms with Crippen LogP contribution in [0, 0.1) is 0 Å². The molecular formula is C45H30N4. The quantitative estimate of drug-likeness (QED) is 0.184. The standard InChI is InChI=1S/C45H30N4/c1-5-15-32(16-6-1)40-30-41(47-45(46-40)35-19-9-3-10-20-35)33-27-25-31(26-28-33)39-29-36-21-13-14-24-38(36)44-42(39)43(34-17-7-2-8-18-34)48-49(44)37-22-11-4-12-23-37/h1-30H. The Bertz CT molecular complexity index is 2500. The van der Waals surface area contributed by atoms with Crippen molar-refractivity contribution in [1.82, 2.24) is 19.7 Å². The van der Waals surface area contributed by atoms with E-state index in [4.69, 9.17) is 15.1 Å². The van der Waals surface area contributed by atoms with Crippen LogP contribution < -0.4 is 0 Å². The maximum Gasteiger partial charge on any atom is 0.160 e. The third kappa shape index (κ3) is 5.26. The molecule has 2 heterocycles. The van der Waals surface area contributed by atoms with Gasteiger partial charge in [-0.1, -0.05) is 158 Å². The molecule has 0 bridgehead atoms. The second-order valence-corrected chi connectivity index (χ2v) is 12.1. The van der Waals surface area contributed by atoms with Crippen LogP contribution in [0.4, 0.5) is 0 Å². The van der Waals surface area contributed by atoms with Gasteiger partial charge in [0.2, 0.25) is 0 Å². The van der Waals surface area contributed by atoms with E-state index in [1.54, 1.807) is 0 Å². The largest absolute Gasteiger partial charge is 0.232 e. The summed E-state index contributed by atoms with van der Waals surface area (Å²) in [4.78, 5) is 10.0. The van der Waals surface area contributed by atoms with Crippen LogP contribution >= 0.6 is 0 Å². The Kier molecular flexibility index (Phi) is 7.10. The summed E-state index contributed by atoms with van der Waals surface area (Å²) >= 11 is 0. The van der Waals surface area contributed by atoms with Gasteiger partial charge in [0, 0.05) is 33.0 Å². The van der Waals surface area contributed by atoms with Gasteiger partial charge in [-0.15, -0.1) is 0 Å². The van der Waals surface area contributed by atoms with Gasteiger partial charge in [0.15, 0.2) is 5.82 Å². The van der Waals surface area contributed by atoms with E-state index >= 15 is 0 Å². The van der Waals surface area contributed by atoms with Crippen LogP contribution in [0.3, 0.4) is 0 Å². The van der Waals surface area contributed by atoms with Crippen molar-refractivity contribution in [3.05, 3.63) is 182 Å². The van der Waals surface area contributed by atoms with Crippen molar-refractivity contribution in [2.75, 3.05) is 0 Å². The lowest BCUT2D eigenvalue weighted by atomic mass is 9.93. The minimum absolute atomic E-state index is 0.707. The van der Waals surface area contributed by atoms with Gasteiger partial charge >= 0.3 is 0 Å². The zero-order valence-corrected chi connectivity index (χ0v) is 26.6. The Labute approximate surface area is 284 Å². The third-order valence-electron chi connectivity index (χ3n) is 9.04. The molecule has 49 heavy (non-hydrogen) atoms. The Morgan fingerprint density at radius 2 is 0.918 bits per heavy atom. The summed E-state index contributed by atoms with van der Waals surface area (Å²) in [6.45, 7) is 0. The van der Waals surface area contributed by atoms with Crippen LogP contribution in [0.15, 0.2) is 182 Å². The number of rotatable bonds is 6. The summed E-state index contributed by atoms with van der Waals surface area (Å²) in [6, 6.07) is 63.1. The Morgan fingerprint density at radius 1 is 0.408 bits per heavy atom. The maximum atomic E-state index is 5.31. The first-order valence-electron chi connectivity index (χ1n) is 16.5. The number of benzene rings is 7. The minimum Gasteiger partial charge on any atom is -0.232 e. The molecule has 0 spiro atoms. The Hall–Kier alpha value is -6.65. The van der Waals surface area contributed by atoms with Crippen molar-refractivity contribution in [3.8, 4) is 62.0 Å². The number of para-hydroxylation sites is 1. The maximum absolute atomic E-state index is 5.31. The van der Waals surface area contributed by atoms with Gasteiger partial charge in [-0.2, -0.15) is 5.10 Å². The summed E-state index contributed by atoms with van der Waals surface area (Å²) in [6.07, 6.45) is 0.